The molecule has 0 radical (unpaired) electrons. The molecule has 0 fully saturated rings. The molecule has 26 heavy (non-hydrogen) atoms. The fourth-order valence-electron chi connectivity index (χ4n) is 3.07. The van der Waals surface area contributed by atoms with Crippen LogP contribution in [0.4, 0.5) is 11.4 Å². The summed E-state index contributed by atoms with van der Waals surface area (Å²) in [5.41, 5.74) is 6.37. The number of unbranched alkanes of at least 4 members (excludes halogenated alkanes) is 1. The molecule has 7 nitrogen and oxygen atoms in total. The van der Waals surface area contributed by atoms with E-state index < -0.39 is 15.8 Å². The Kier molecular flexibility index (Phi) is 4.55. The topological polar surface area (TPSA) is 132 Å². The number of carbonyl (C=O) groups excluding carboxylic acids is 2. The Morgan fingerprint density at radius 3 is 2.15 bits per heavy atom. The number of nitrogen functional groups attached to an aromatic ring is 1. The minimum absolute atomic E-state index is 0.0923. The van der Waals surface area contributed by atoms with Gasteiger partial charge in [0.15, 0.2) is 11.6 Å². The van der Waals surface area contributed by atoms with Crippen molar-refractivity contribution in [3.63, 3.8) is 0 Å². The molecule has 136 valence electrons. The number of benzene rings is 2. The van der Waals surface area contributed by atoms with Gasteiger partial charge in [-0.15, -0.1) is 0 Å². The van der Waals surface area contributed by atoms with Crippen molar-refractivity contribution in [2.24, 2.45) is 5.14 Å². The molecule has 0 amide bonds. The van der Waals surface area contributed by atoms with Gasteiger partial charge in [0.1, 0.15) is 4.90 Å². The Bertz CT molecular complexity index is 1030. The molecule has 1 aliphatic rings. The summed E-state index contributed by atoms with van der Waals surface area (Å²) in [5, 5.41) is 8.30. The Labute approximate surface area is 151 Å². The summed E-state index contributed by atoms with van der Waals surface area (Å²) in [6, 6.07) is 7.62. The summed E-state index contributed by atoms with van der Waals surface area (Å²) in [7, 11) is -4.17. The van der Waals surface area contributed by atoms with Crippen LogP contribution in [0.5, 0.6) is 0 Å². The Hall–Kier alpha value is -2.71. The maximum Gasteiger partial charge on any atom is 0.240 e. The van der Waals surface area contributed by atoms with Crippen molar-refractivity contribution < 1.29 is 18.0 Å². The molecule has 0 heterocycles. The average molecular weight is 373 g/mol. The van der Waals surface area contributed by atoms with E-state index in [1.165, 1.54) is 12.1 Å². The quantitative estimate of drug-likeness (QED) is 0.462. The third-order valence-corrected chi connectivity index (χ3v) is 5.30. The van der Waals surface area contributed by atoms with Crippen LogP contribution in [-0.4, -0.2) is 26.5 Å². The van der Waals surface area contributed by atoms with Crippen molar-refractivity contribution in [1.82, 2.24) is 0 Å². The fourth-order valence-corrected chi connectivity index (χ4v) is 3.76. The van der Waals surface area contributed by atoms with E-state index >= 15 is 0 Å². The second-order valence-corrected chi connectivity index (χ2v) is 7.64. The van der Waals surface area contributed by atoms with E-state index in [1.807, 2.05) is 6.92 Å². The number of nitrogens with two attached hydrogens (primary N) is 2. The van der Waals surface area contributed by atoms with E-state index in [-0.39, 0.29) is 44.3 Å². The molecular formula is C18H19N3O4S. The van der Waals surface area contributed by atoms with Gasteiger partial charge in [-0.05, 0) is 12.5 Å². The van der Waals surface area contributed by atoms with E-state index in [0.717, 1.165) is 12.8 Å². The number of rotatable bonds is 5. The van der Waals surface area contributed by atoms with Gasteiger partial charge in [0.05, 0.1) is 16.8 Å². The van der Waals surface area contributed by atoms with Gasteiger partial charge < -0.3 is 11.1 Å². The average Bonchev–Trinajstić information content (AvgIpc) is 2.59. The second kappa shape index (κ2) is 6.54. The highest BCUT2D eigenvalue weighted by molar-refractivity contribution is 7.89. The number of sulfonamides is 1. The normalized spacial score (nSPS) is 13.3. The van der Waals surface area contributed by atoms with Crippen LogP contribution >= 0.6 is 0 Å². The summed E-state index contributed by atoms with van der Waals surface area (Å²) in [4.78, 5) is 25.6. The van der Waals surface area contributed by atoms with E-state index in [4.69, 9.17) is 10.9 Å². The van der Waals surface area contributed by atoms with Gasteiger partial charge in [0, 0.05) is 23.4 Å². The van der Waals surface area contributed by atoms with Crippen LogP contribution < -0.4 is 16.2 Å². The Morgan fingerprint density at radius 2 is 1.62 bits per heavy atom. The van der Waals surface area contributed by atoms with E-state index in [0.29, 0.717) is 6.54 Å². The molecule has 0 spiro atoms. The lowest BCUT2D eigenvalue weighted by atomic mass is 9.82. The van der Waals surface area contributed by atoms with Crippen LogP contribution in [0, 0.1) is 0 Å². The minimum Gasteiger partial charge on any atom is -0.397 e. The van der Waals surface area contributed by atoms with Gasteiger partial charge in [-0.3, -0.25) is 9.59 Å². The number of hydrogen-bond acceptors (Lipinski definition) is 6. The first-order valence-electron chi connectivity index (χ1n) is 8.19. The second-order valence-electron chi connectivity index (χ2n) is 6.12. The van der Waals surface area contributed by atoms with Crippen LogP contribution in [0.2, 0.25) is 0 Å². The predicted molar refractivity (Wildman–Crippen MR) is 98.9 cm³/mol. The standard InChI is InChI=1S/C18H19N3O4S/c1-2-3-8-21-12-9-13(26(20,24)25)16(19)15-14(12)17(22)10-6-4-5-7-11(10)18(15)23/h4-7,9,21H,2-3,8,19H2,1H3,(H2,20,24,25). The largest absolute Gasteiger partial charge is 0.397 e. The first-order valence-corrected chi connectivity index (χ1v) is 9.73. The molecular weight excluding hydrogens is 354 g/mol. The molecule has 5 N–H and O–H groups in total. The molecule has 0 atom stereocenters. The molecule has 0 saturated carbocycles. The van der Waals surface area contributed by atoms with Crippen molar-refractivity contribution in [3.05, 3.63) is 52.6 Å². The molecule has 3 rings (SSSR count). The number of fused-ring (bicyclic) bond motifs is 2. The number of ketones is 2. The van der Waals surface area contributed by atoms with E-state index in [1.54, 1.807) is 18.2 Å². The van der Waals surface area contributed by atoms with Gasteiger partial charge in [0.25, 0.3) is 0 Å². The van der Waals surface area contributed by atoms with Crippen molar-refractivity contribution in [2.45, 2.75) is 24.7 Å². The lowest BCUT2D eigenvalue weighted by Gasteiger charge is -2.23. The third-order valence-electron chi connectivity index (χ3n) is 4.35. The molecule has 0 aliphatic heterocycles. The van der Waals surface area contributed by atoms with Crippen molar-refractivity contribution in [1.29, 1.82) is 0 Å². The number of nitrogens with one attached hydrogen (secondary N) is 1. The molecule has 0 bridgehead atoms. The van der Waals surface area contributed by atoms with Gasteiger partial charge >= 0.3 is 0 Å². The maximum atomic E-state index is 13.0. The summed E-state index contributed by atoms with van der Waals surface area (Å²) >= 11 is 0. The number of primary sulfonamides is 1. The van der Waals surface area contributed by atoms with Gasteiger partial charge in [-0.1, -0.05) is 37.6 Å². The molecule has 0 saturated heterocycles. The summed E-state index contributed by atoms with van der Waals surface area (Å²) in [6.07, 6.45) is 1.71. The lowest BCUT2D eigenvalue weighted by Crippen LogP contribution is -2.26. The molecule has 2 aromatic rings. The zero-order valence-electron chi connectivity index (χ0n) is 14.2. The smallest absolute Gasteiger partial charge is 0.240 e. The van der Waals surface area contributed by atoms with Gasteiger partial charge in [0.2, 0.25) is 10.0 Å². The van der Waals surface area contributed by atoms with Crippen LogP contribution in [0.3, 0.4) is 0 Å². The molecule has 0 aromatic heterocycles. The summed E-state index contributed by atoms with van der Waals surface area (Å²) < 4.78 is 23.9. The number of hydrogen-bond donors (Lipinski definition) is 3. The van der Waals surface area contributed by atoms with Crippen molar-refractivity contribution in [2.75, 3.05) is 17.6 Å². The summed E-state index contributed by atoms with van der Waals surface area (Å²) in [5.74, 6) is -0.862. The summed E-state index contributed by atoms with van der Waals surface area (Å²) in [6.45, 7) is 2.51. The van der Waals surface area contributed by atoms with Crippen molar-refractivity contribution >= 4 is 33.0 Å². The fraction of sp³-hybridized carbons (Fsp3) is 0.222. The highest BCUT2D eigenvalue weighted by Crippen LogP contribution is 2.38. The van der Waals surface area contributed by atoms with Crippen LogP contribution in [0.1, 0.15) is 51.6 Å². The highest BCUT2D eigenvalue weighted by Gasteiger charge is 2.35. The van der Waals surface area contributed by atoms with Crippen molar-refractivity contribution in [3.8, 4) is 0 Å². The van der Waals surface area contributed by atoms with Crippen LogP contribution in [0.15, 0.2) is 35.2 Å². The zero-order valence-corrected chi connectivity index (χ0v) is 15.0. The molecule has 1 aliphatic carbocycles. The van der Waals surface area contributed by atoms with Crippen LogP contribution in [0.25, 0.3) is 0 Å². The molecule has 8 heteroatoms. The zero-order chi connectivity index (χ0) is 19.1. The first kappa shape index (κ1) is 18.1. The van der Waals surface area contributed by atoms with Crippen LogP contribution in [-0.2, 0) is 10.0 Å². The lowest BCUT2D eigenvalue weighted by molar-refractivity contribution is 0.0980. The molecule has 0 unspecified atom stereocenters. The van der Waals surface area contributed by atoms with Gasteiger partial charge in [-0.25, -0.2) is 13.6 Å². The number of carbonyl (C=O) groups is 2. The predicted octanol–water partition coefficient (Wildman–Crippen LogP) is 1.90. The van der Waals surface area contributed by atoms with Gasteiger partial charge in [-0.2, -0.15) is 0 Å². The maximum absolute atomic E-state index is 13.0. The Balaban J connectivity index is 2.31. The van der Waals surface area contributed by atoms with E-state index in [2.05, 4.69) is 5.32 Å². The SMILES string of the molecule is CCCCNc1cc(S(N)(=O)=O)c(N)c2c1C(=O)c1ccccc1C2=O. The first-order chi connectivity index (χ1) is 12.3. The minimum atomic E-state index is -4.17. The number of anilines is 2. The third kappa shape index (κ3) is 2.87. The highest BCUT2D eigenvalue weighted by atomic mass is 32.2. The molecule has 2 aromatic carbocycles. The Morgan fingerprint density at radius 1 is 1.04 bits per heavy atom. The van der Waals surface area contributed by atoms with E-state index in [9.17, 15) is 18.0 Å². The monoisotopic (exact) mass is 373 g/mol.